The molecule has 0 bridgehead atoms. The first-order valence-corrected chi connectivity index (χ1v) is 10.2. The molecule has 2 aromatic heterocycles. The van der Waals surface area contributed by atoms with E-state index in [1.54, 1.807) is 13.2 Å². The monoisotopic (exact) mass is 417 g/mol. The van der Waals surface area contributed by atoms with E-state index in [1.165, 1.54) is 0 Å². The van der Waals surface area contributed by atoms with Crippen LogP contribution in [0.15, 0.2) is 60.8 Å². The lowest BCUT2D eigenvalue weighted by molar-refractivity contribution is 0.306. The van der Waals surface area contributed by atoms with Crippen LogP contribution in [0.4, 0.5) is 17.5 Å². The van der Waals surface area contributed by atoms with Gasteiger partial charge in [0.2, 0.25) is 5.95 Å². The van der Waals surface area contributed by atoms with Crippen LogP contribution in [0.25, 0.3) is 11.2 Å². The zero-order chi connectivity index (χ0) is 22.1. The van der Waals surface area contributed by atoms with Gasteiger partial charge in [0.25, 0.3) is 0 Å². The minimum absolute atomic E-state index is 0.161. The van der Waals surface area contributed by atoms with E-state index in [9.17, 15) is 0 Å². The van der Waals surface area contributed by atoms with E-state index in [1.807, 2.05) is 68.4 Å². The lowest BCUT2D eigenvalue weighted by Crippen LogP contribution is -2.07. The third kappa shape index (κ3) is 5.79. The summed E-state index contributed by atoms with van der Waals surface area (Å²) in [6.45, 7) is 5.02. The maximum absolute atomic E-state index is 5.88. The second kappa shape index (κ2) is 10.7. The van der Waals surface area contributed by atoms with E-state index >= 15 is 0 Å². The molecule has 8 nitrogen and oxygen atoms in total. The highest BCUT2D eigenvalue weighted by Crippen LogP contribution is 2.20. The zero-order valence-electron chi connectivity index (χ0n) is 18.0. The number of hydrogen-bond donors (Lipinski definition) is 3. The number of nitrogens with two attached hydrogens (primary N) is 1. The van der Waals surface area contributed by atoms with Gasteiger partial charge in [0.1, 0.15) is 12.4 Å². The maximum atomic E-state index is 5.88. The number of benzene rings is 2. The van der Waals surface area contributed by atoms with Crippen molar-refractivity contribution in [3.8, 4) is 5.75 Å². The molecular weight excluding hydrogens is 390 g/mol. The van der Waals surface area contributed by atoms with Crippen LogP contribution in [-0.2, 0) is 13.2 Å². The average Bonchev–Trinajstić information content (AvgIpc) is 2.83. The Bertz CT molecular complexity index is 1120. The summed E-state index contributed by atoms with van der Waals surface area (Å²) in [7, 11) is 1.76. The zero-order valence-corrected chi connectivity index (χ0v) is 18.0. The molecule has 0 fully saturated rings. The first kappa shape index (κ1) is 21.8. The fourth-order valence-corrected chi connectivity index (χ4v) is 2.85. The van der Waals surface area contributed by atoms with Crippen molar-refractivity contribution in [2.75, 3.05) is 23.4 Å². The van der Waals surface area contributed by atoms with Gasteiger partial charge in [-0.15, -0.1) is 0 Å². The Kier molecular flexibility index (Phi) is 7.53. The van der Waals surface area contributed by atoms with E-state index in [0.29, 0.717) is 30.1 Å². The highest BCUT2D eigenvalue weighted by molar-refractivity contribution is 5.83. The molecule has 0 saturated carbocycles. The van der Waals surface area contributed by atoms with Crippen LogP contribution >= 0.6 is 0 Å². The van der Waals surface area contributed by atoms with Crippen LogP contribution in [-0.4, -0.2) is 27.0 Å². The molecule has 2 heterocycles. The van der Waals surface area contributed by atoms with Gasteiger partial charge in [-0.1, -0.05) is 50.2 Å². The van der Waals surface area contributed by atoms with Gasteiger partial charge in [-0.3, -0.25) is 0 Å². The van der Waals surface area contributed by atoms with Gasteiger partial charge in [-0.25, -0.2) is 9.97 Å². The van der Waals surface area contributed by atoms with Gasteiger partial charge < -0.3 is 21.1 Å². The lowest BCUT2D eigenvalue weighted by atomic mass is 10.2. The number of nitrogens with zero attached hydrogens (tertiary/aromatic N) is 4. The van der Waals surface area contributed by atoms with Gasteiger partial charge in [0, 0.05) is 18.8 Å². The van der Waals surface area contributed by atoms with Gasteiger partial charge in [0.05, 0.1) is 18.4 Å². The standard InChI is InChI=1S/C21H21N7O.C2H6/c1-23-19-18-20(28-21(22)27-19)25-12-16(26-18)11-24-15-8-5-9-17(10-15)29-13-14-6-3-2-4-7-14;1-2/h2-10,12,24H,11,13H2,1H3,(H3,22,23,25,27,28);1-2H3. The first-order chi connectivity index (χ1) is 15.2. The largest absolute Gasteiger partial charge is 0.489 e. The fourth-order valence-electron chi connectivity index (χ4n) is 2.85. The summed E-state index contributed by atoms with van der Waals surface area (Å²) in [6, 6.07) is 17.9. The minimum Gasteiger partial charge on any atom is -0.489 e. The number of anilines is 3. The number of aromatic nitrogens is 4. The molecule has 4 rings (SSSR count). The Labute approximate surface area is 181 Å². The molecule has 0 radical (unpaired) electrons. The van der Waals surface area contributed by atoms with Crippen molar-refractivity contribution >= 4 is 28.6 Å². The molecule has 0 amide bonds. The SMILES string of the molecule is CC.CNc1nc(N)nc2ncc(CNc3cccc(OCc4ccccc4)c3)nc12. The molecule has 0 atom stereocenters. The summed E-state index contributed by atoms with van der Waals surface area (Å²) in [5, 5.41) is 6.32. The van der Waals surface area contributed by atoms with Gasteiger partial charge >= 0.3 is 0 Å². The van der Waals surface area contributed by atoms with Crippen molar-refractivity contribution in [1.29, 1.82) is 0 Å². The van der Waals surface area contributed by atoms with Gasteiger partial charge in [-0.2, -0.15) is 9.97 Å². The Balaban J connectivity index is 0.00000132. The quantitative estimate of drug-likeness (QED) is 0.409. The molecule has 0 aliphatic rings. The second-order valence-corrected chi connectivity index (χ2v) is 6.37. The summed E-state index contributed by atoms with van der Waals surface area (Å²) in [6.07, 6.45) is 1.68. The average molecular weight is 418 g/mol. The number of nitrogens with one attached hydrogen (secondary N) is 2. The number of hydrogen-bond acceptors (Lipinski definition) is 8. The molecule has 0 aliphatic carbocycles. The normalized spacial score (nSPS) is 10.2. The predicted molar refractivity (Wildman–Crippen MR) is 125 cm³/mol. The highest BCUT2D eigenvalue weighted by atomic mass is 16.5. The molecular formula is C23H27N7O. The van der Waals surface area contributed by atoms with Crippen LogP contribution in [0.3, 0.4) is 0 Å². The molecule has 2 aromatic carbocycles. The van der Waals surface area contributed by atoms with Crippen molar-refractivity contribution in [1.82, 2.24) is 19.9 Å². The Morgan fingerprint density at radius 3 is 2.55 bits per heavy atom. The summed E-state index contributed by atoms with van der Waals surface area (Å²) >= 11 is 0. The molecule has 8 heteroatoms. The van der Waals surface area contributed by atoms with E-state index in [4.69, 9.17) is 10.5 Å². The number of nitrogen functional groups attached to an aromatic ring is 1. The minimum atomic E-state index is 0.161. The van der Waals surface area contributed by atoms with Crippen LogP contribution in [0.2, 0.25) is 0 Å². The van der Waals surface area contributed by atoms with Crippen molar-refractivity contribution in [3.63, 3.8) is 0 Å². The predicted octanol–water partition coefficient (Wildman–Crippen LogP) is 4.26. The van der Waals surface area contributed by atoms with Crippen molar-refractivity contribution in [3.05, 3.63) is 72.1 Å². The Hall–Kier alpha value is -3.94. The Morgan fingerprint density at radius 2 is 1.77 bits per heavy atom. The molecule has 0 saturated heterocycles. The topological polar surface area (TPSA) is 111 Å². The number of ether oxygens (including phenoxy) is 1. The highest BCUT2D eigenvalue weighted by Gasteiger charge is 2.09. The van der Waals surface area contributed by atoms with E-state index in [0.717, 1.165) is 22.7 Å². The van der Waals surface area contributed by atoms with E-state index in [-0.39, 0.29) is 5.95 Å². The maximum Gasteiger partial charge on any atom is 0.224 e. The number of fused-ring (bicyclic) bond motifs is 1. The summed E-state index contributed by atoms with van der Waals surface area (Å²) in [4.78, 5) is 17.2. The third-order valence-electron chi connectivity index (χ3n) is 4.27. The fraction of sp³-hybridized carbons (Fsp3) is 0.217. The first-order valence-electron chi connectivity index (χ1n) is 10.2. The number of rotatable bonds is 7. The molecule has 4 aromatic rings. The molecule has 0 aliphatic heterocycles. The van der Waals surface area contributed by atoms with Crippen molar-refractivity contribution < 1.29 is 4.74 Å². The van der Waals surface area contributed by atoms with Gasteiger partial charge in [0.15, 0.2) is 17.0 Å². The van der Waals surface area contributed by atoms with Crippen molar-refractivity contribution in [2.45, 2.75) is 27.0 Å². The summed E-state index contributed by atoms with van der Waals surface area (Å²) in [5.41, 5.74) is 9.56. The molecule has 4 N–H and O–H groups in total. The Morgan fingerprint density at radius 1 is 0.968 bits per heavy atom. The lowest BCUT2D eigenvalue weighted by Gasteiger charge is -2.10. The van der Waals surface area contributed by atoms with E-state index in [2.05, 4.69) is 30.6 Å². The third-order valence-corrected chi connectivity index (χ3v) is 4.27. The van der Waals surface area contributed by atoms with Crippen LogP contribution in [0.1, 0.15) is 25.1 Å². The van der Waals surface area contributed by atoms with Crippen LogP contribution in [0.5, 0.6) is 5.75 Å². The molecule has 31 heavy (non-hydrogen) atoms. The van der Waals surface area contributed by atoms with Crippen LogP contribution < -0.4 is 21.1 Å². The van der Waals surface area contributed by atoms with Gasteiger partial charge in [-0.05, 0) is 17.7 Å². The molecule has 160 valence electrons. The summed E-state index contributed by atoms with van der Waals surface area (Å²) in [5.74, 6) is 1.51. The molecule has 0 unspecified atom stereocenters. The second-order valence-electron chi connectivity index (χ2n) is 6.37. The summed E-state index contributed by atoms with van der Waals surface area (Å²) < 4.78 is 5.88. The smallest absolute Gasteiger partial charge is 0.224 e. The van der Waals surface area contributed by atoms with Crippen molar-refractivity contribution in [2.24, 2.45) is 0 Å². The van der Waals surface area contributed by atoms with Crippen LogP contribution in [0, 0.1) is 0 Å². The molecule has 0 spiro atoms. The van der Waals surface area contributed by atoms with E-state index < -0.39 is 0 Å².